The zero-order valence-electron chi connectivity index (χ0n) is 12.6. The second-order valence-corrected chi connectivity index (χ2v) is 5.12. The fourth-order valence-corrected chi connectivity index (χ4v) is 2.50. The van der Waals surface area contributed by atoms with Crippen LogP contribution >= 0.6 is 0 Å². The molecule has 0 atom stereocenters. The van der Waals surface area contributed by atoms with E-state index in [1.165, 1.54) is 0 Å². The summed E-state index contributed by atoms with van der Waals surface area (Å²) in [5.74, 6) is 2.23. The Labute approximate surface area is 133 Å². The second kappa shape index (κ2) is 5.57. The number of hydrogen-bond acceptors (Lipinski definition) is 4. The third kappa shape index (κ3) is 2.55. The Morgan fingerprint density at radius 3 is 2.39 bits per heavy atom. The van der Waals surface area contributed by atoms with E-state index in [-0.39, 0.29) is 0 Å². The molecule has 4 aromatic rings. The normalized spacial score (nSPS) is 10.8. The molecule has 4 rings (SSSR count). The molecule has 3 aromatic carbocycles. The largest absolute Gasteiger partial charge is 0.494 e. The smallest absolute Gasteiger partial charge is 0.146 e. The van der Waals surface area contributed by atoms with Gasteiger partial charge in [-0.15, -0.1) is 0 Å². The van der Waals surface area contributed by atoms with Crippen LogP contribution in [0.25, 0.3) is 22.1 Å². The van der Waals surface area contributed by atoms with Crippen molar-refractivity contribution in [2.45, 2.75) is 0 Å². The van der Waals surface area contributed by atoms with Crippen LogP contribution in [0.15, 0.2) is 66.7 Å². The fraction of sp³-hybridized carbons (Fsp3) is 0.0526. The van der Waals surface area contributed by atoms with Gasteiger partial charge in [0.1, 0.15) is 22.8 Å². The molecule has 23 heavy (non-hydrogen) atoms. The lowest BCUT2D eigenvalue weighted by Crippen LogP contribution is -1.92. The predicted octanol–water partition coefficient (Wildman–Crippen LogP) is 4.58. The molecule has 0 fully saturated rings. The first-order chi connectivity index (χ1) is 11.3. The Bertz CT molecular complexity index is 984. The van der Waals surface area contributed by atoms with Crippen LogP contribution in [0, 0.1) is 0 Å². The summed E-state index contributed by atoms with van der Waals surface area (Å²) in [7, 11) is 1.63. The average molecular weight is 302 g/mol. The highest BCUT2D eigenvalue weighted by molar-refractivity contribution is 5.90. The zero-order chi connectivity index (χ0) is 15.6. The van der Waals surface area contributed by atoms with Gasteiger partial charge in [-0.05, 0) is 36.4 Å². The molecular formula is C19H14N2O2. The summed E-state index contributed by atoms with van der Waals surface area (Å²) in [4.78, 5) is 9.32. The molecule has 0 saturated heterocycles. The lowest BCUT2D eigenvalue weighted by Gasteiger charge is -2.08. The minimum Gasteiger partial charge on any atom is -0.494 e. The number of para-hydroxylation sites is 2. The molecule has 0 saturated carbocycles. The van der Waals surface area contributed by atoms with E-state index in [9.17, 15) is 0 Å². The Hall–Kier alpha value is -3.14. The lowest BCUT2D eigenvalue weighted by atomic mass is 10.2. The number of ether oxygens (including phenoxy) is 2. The van der Waals surface area contributed by atoms with Gasteiger partial charge in [0.25, 0.3) is 0 Å². The van der Waals surface area contributed by atoms with Crippen LogP contribution < -0.4 is 9.47 Å². The Balaban J connectivity index is 1.82. The standard InChI is InChI=1S/C19H14N2O2/c1-22-18-9-5-8-16-19(18)21-17-12-14(10-11-15(17)20-16)23-13-6-3-2-4-7-13/h2-12H,1H3. The first-order valence-electron chi connectivity index (χ1n) is 7.31. The summed E-state index contributed by atoms with van der Waals surface area (Å²) in [5, 5.41) is 0. The van der Waals surface area contributed by atoms with Crippen molar-refractivity contribution in [3.63, 3.8) is 0 Å². The number of nitrogens with zero attached hydrogens (tertiary/aromatic N) is 2. The molecule has 0 aliphatic heterocycles. The summed E-state index contributed by atoms with van der Waals surface area (Å²) >= 11 is 0. The minimum atomic E-state index is 0.714. The van der Waals surface area contributed by atoms with Crippen molar-refractivity contribution in [3.8, 4) is 17.2 Å². The van der Waals surface area contributed by atoms with Crippen LogP contribution in [0.4, 0.5) is 0 Å². The van der Waals surface area contributed by atoms with Crippen molar-refractivity contribution in [3.05, 3.63) is 66.7 Å². The Morgan fingerprint density at radius 1 is 0.696 bits per heavy atom. The van der Waals surface area contributed by atoms with Crippen LogP contribution in [0.2, 0.25) is 0 Å². The quantitative estimate of drug-likeness (QED) is 0.519. The van der Waals surface area contributed by atoms with E-state index in [1.807, 2.05) is 66.7 Å². The third-order valence-corrected chi connectivity index (χ3v) is 3.60. The minimum absolute atomic E-state index is 0.714. The van der Waals surface area contributed by atoms with Crippen LogP contribution in [0.5, 0.6) is 17.2 Å². The SMILES string of the molecule is COc1cccc2nc3ccc(Oc4ccccc4)cc3nc12. The van der Waals surface area contributed by atoms with E-state index in [2.05, 4.69) is 9.97 Å². The van der Waals surface area contributed by atoms with Gasteiger partial charge in [-0.3, -0.25) is 0 Å². The van der Waals surface area contributed by atoms with Crippen molar-refractivity contribution in [2.24, 2.45) is 0 Å². The maximum Gasteiger partial charge on any atom is 0.146 e. The molecule has 0 bridgehead atoms. The maximum absolute atomic E-state index is 5.86. The summed E-state index contributed by atoms with van der Waals surface area (Å²) in [6, 6.07) is 21.1. The van der Waals surface area contributed by atoms with E-state index < -0.39 is 0 Å². The highest BCUT2D eigenvalue weighted by Crippen LogP contribution is 2.28. The summed E-state index contributed by atoms with van der Waals surface area (Å²) in [6.07, 6.45) is 0. The number of rotatable bonds is 3. The zero-order valence-corrected chi connectivity index (χ0v) is 12.6. The summed E-state index contributed by atoms with van der Waals surface area (Å²) in [6.45, 7) is 0. The van der Waals surface area contributed by atoms with Crippen LogP contribution in [-0.2, 0) is 0 Å². The van der Waals surface area contributed by atoms with Crippen molar-refractivity contribution in [1.29, 1.82) is 0 Å². The third-order valence-electron chi connectivity index (χ3n) is 3.60. The second-order valence-electron chi connectivity index (χ2n) is 5.12. The van der Waals surface area contributed by atoms with Crippen molar-refractivity contribution >= 4 is 22.1 Å². The van der Waals surface area contributed by atoms with E-state index in [0.717, 1.165) is 33.6 Å². The molecule has 0 N–H and O–H groups in total. The number of aromatic nitrogens is 2. The van der Waals surface area contributed by atoms with Crippen LogP contribution in [-0.4, -0.2) is 17.1 Å². The number of fused-ring (bicyclic) bond motifs is 2. The van der Waals surface area contributed by atoms with Crippen LogP contribution in [0.3, 0.4) is 0 Å². The van der Waals surface area contributed by atoms with Gasteiger partial charge >= 0.3 is 0 Å². The lowest BCUT2D eigenvalue weighted by molar-refractivity contribution is 0.419. The molecule has 112 valence electrons. The Kier molecular flexibility index (Phi) is 3.27. The fourth-order valence-electron chi connectivity index (χ4n) is 2.50. The van der Waals surface area contributed by atoms with Gasteiger partial charge in [0.15, 0.2) is 0 Å². The highest BCUT2D eigenvalue weighted by Gasteiger charge is 2.07. The highest BCUT2D eigenvalue weighted by atomic mass is 16.5. The molecule has 4 heteroatoms. The monoisotopic (exact) mass is 302 g/mol. The maximum atomic E-state index is 5.86. The number of benzene rings is 3. The molecule has 4 nitrogen and oxygen atoms in total. The van der Waals surface area contributed by atoms with Crippen LogP contribution in [0.1, 0.15) is 0 Å². The number of hydrogen-bond donors (Lipinski definition) is 0. The van der Waals surface area contributed by atoms with E-state index in [4.69, 9.17) is 9.47 Å². The van der Waals surface area contributed by atoms with Crippen molar-refractivity contribution < 1.29 is 9.47 Å². The average Bonchev–Trinajstić information content (AvgIpc) is 2.60. The predicted molar refractivity (Wildman–Crippen MR) is 90.1 cm³/mol. The summed E-state index contributed by atoms with van der Waals surface area (Å²) < 4.78 is 11.2. The molecule has 0 unspecified atom stereocenters. The Morgan fingerprint density at radius 2 is 1.57 bits per heavy atom. The van der Waals surface area contributed by atoms with Gasteiger partial charge in [0.05, 0.1) is 23.7 Å². The molecule has 0 aliphatic rings. The van der Waals surface area contributed by atoms with Gasteiger partial charge < -0.3 is 9.47 Å². The first kappa shape index (κ1) is 13.5. The first-order valence-corrected chi connectivity index (χ1v) is 7.31. The summed E-state index contributed by atoms with van der Waals surface area (Å²) in [5.41, 5.74) is 3.16. The molecule has 0 radical (unpaired) electrons. The van der Waals surface area contributed by atoms with E-state index in [1.54, 1.807) is 7.11 Å². The van der Waals surface area contributed by atoms with E-state index >= 15 is 0 Å². The van der Waals surface area contributed by atoms with Gasteiger partial charge in [-0.2, -0.15) is 0 Å². The molecule has 1 heterocycles. The van der Waals surface area contributed by atoms with Gasteiger partial charge in [0.2, 0.25) is 0 Å². The molecular weight excluding hydrogens is 288 g/mol. The molecule has 0 amide bonds. The van der Waals surface area contributed by atoms with Gasteiger partial charge in [0, 0.05) is 6.07 Å². The van der Waals surface area contributed by atoms with Crippen molar-refractivity contribution in [1.82, 2.24) is 9.97 Å². The molecule has 0 aliphatic carbocycles. The number of methoxy groups -OCH3 is 1. The van der Waals surface area contributed by atoms with Gasteiger partial charge in [-0.1, -0.05) is 24.3 Å². The van der Waals surface area contributed by atoms with Gasteiger partial charge in [-0.25, -0.2) is 9.97 Å². The molecule has 1 aromatic heterocycles. The molecule has 0 spiro atoms. The van der Waals surface area contributed by atoms with E-state index in [0.29, 0.717) is 5.75 Å². The topological polar surface area (TPSA) is 44.2 Å². The van der Waals surface area contributed by atoms with Crippen molar-refractivity contribution in [2.75, 3.05) is 7.11 Å².